The number of fused-ring (bicyclic) bond motifs is 1. The van der Waals surface area contributed by atoms with Crippen LogP contribution in [0.4, 0.5) is 4.39 Å². The monoisotopic (exact) mass is 331 g/mol. The number of methoxy groups -OCH3 is 1. The van der Waals surface area contributed by atoms with E-state index in [1.807, 2.05) is 0 Å². The second-order valence-corrected chi connectivity index (χ2v) is 6.32. The van der Waals surface area contributed by atoms with Gasteiger partial charge in [-0.1, -0.05) is 5.16 Å². The molecule has 24 heavy (non-hydrogen) atoms. The van der Waals surface area contributed by atoms with Crippen molar-refractivity contribution in [3.05, 3.63) is 35.8 Å². The minimum Gasteiger partial charge on any atom is -0.497 e. The molecule has 2 fully saturated rings. The summed E-state index contributed by atoms with van der Waals surface area (Å²) >= 11 is 0. The first kappa shape index (κ1) is 15.1. The summed E-state index contributed by atoms with van der Waals surface area (Å²) in [5.41, 5.74) is 0.403. The van der Waals surface area contributed by atoms with E-state index in [2.05, 4.69) is 15.8 Å². The summed E-state index contributed by atoms with van der Waals surface area (Å²) in [5.74, 6) is 1.02. The zero-order valence-electron chi connectivity index (χ0n) is 13.2. The minimum atomic E-state index is -0.490. The lowest BCUT2D eigenvalue weighted by atomic mass is 9.71. The Labute approximate surface area is 138 Å². The van der Waals surface area contributed by atoms with Gasteiger partial charge in [-0.3, -0.25) is 4.79 Å². The van der Waals surface area contributed by atoms with Gasteiger partial charge in [0.15, 0.2) is 11.5 Å². The third-order valence-corrected chi connectivity index (χ3v) is 4.97. The number of ether oxygens (including phenoxy) is 1. The van der Waals surface area contributed by atoms with Crippen LogP contribution in [0.15, 0.2) is 28.8 Å². The van der Waals surface area contributed by atoms with Crippen molar-refractivity contribution in [1.82, 2.24) is 15.8 Å². The smallest absolute Gasteiger partial charge is 0.273 e. The maximum atomic E-state index is 14.1. The van der Waals surface area contributed by atoms with Crippen molar-refractivity contribution in [1.29, 1.82) is 0 Å². The molecule has 1 saturated heterocycles. The largest absolute Gasteiger partial charge is 0.497 e. The van der Waals surface area contributed by atoms with Crippen LogP contribution in [-0.4, -0.2) is 37.3 Å². The van der Waals surface area contributed by atoms with E-state index in [1.165, 1.54) is 25.3 Å². The molecule has 1 amide bonds. The molecule has 3 unspecified atom stereocenters. The number of aromatic nitrogens is 1. The number of hydrogen-bond acceptors (Lipinski definition) is 5. The van der Waals surface area contributed by atoms with Crippen molar-refractivity contribution in [2.45, 2.75) is 12.5 Å². The highest BCUT2D eigenvalue weighted by Crippen LogP contribution is 2.37. The molecule has 1 aromatic heterocycles. The zero-order valence-corrected chi connectivity index (χ0v) is 13.2. The fraction of sp³-hybridized carbons (Fsp3) is 0.412. The molecule has 126 valence electrons. The highest BCUT2D eigenvalue weighted by Gasteiger charge is 2.44. The topological polar surface area (TPSA) is 76.4 Å². The first-order valence-electron chi connectivity index (χ1n) is 7.98. The standard InChI is InChI=1S/C17H18FN3O3/c1-23-10-2-3-11(13(18)5-10)16-6-15(21-24-16)17(22)20-14-4-9-7-19-8-12(9)14/h2-3,5-6,9,12,14,19H,4,7-8H2,1H3,(H,20,22). The molecule has 2 heterocycles. The first-order chi connectivity index (χ1) is 11.7. The molecule has 2 N–H and O–H groups in total. The molecular weight excluding hydrogens is 313 g/mol. The highest BCUT2D eigenvalue weighted by atomic mass is 19.1. The molecule has 0 radical (unpaired) electrons. The SMILES string of the molecule is COc1ccc(-c2cc(C(=O)NC3CC4CNCC43)no2)c(F)c1. The fourth-order valence-electron chi connectivity index (χ4n) is 3.53. The normalized spacial score (nSPS) is 25.0. The summed E-state index contributed by atoms with van der Waals surface area (Å²) in [4.78, 5) is 12.3. The van der Waals surface area contributed by atoms with Crippen molar-refractivity contribution >= 4 is 5.91 Å². The van der Waals surface area contributed by atoms with Crippen LogP contribution in [-0.2, 0) is 0 Å². The highest BCUT2D eigenvalue weighted by molar-refractivity contribution is 5.93. The van der Waals surface area contributed by atoms with Crippen LogP contribution in [0.1, 0.15) is 16.9 Å². The second kappa shape index (κ2) is 5.90. The van der Waals surface area contributed by atoms with E-state index in [4.69, 9.17) is 9.26 Å². The molecule has 0 bridgehead atoms. The number of hydrogen-bond donors (Lipinski definition) is 2. The summed E-state index contributed by atoms with van der Waals surface area (Å²) in [5, 5.41) is 10.1. The molecule has 1 aliphatic carbocycles. The molecule has 2 aliphatic rings. The number of carbonyl (C=O) groups is 1. The van der Waals surface area contributed by atoms with E-state index >= 15 is 0 Å². The third kappa shape index (κ3) is 2.54. The Bertz CT molecular complexity index is 776. The number of carbonyl (C=O) groups excluding carboxylic acids is 1. The van der Waals surface area contributed by atoms with E-state index in [9.17, 15) is 9.18 Å². The molecule has 1 aromatic carbocycles. The number of rotatable bonds is 4. The van der Waals surface area contributed by atoms with Gasteiger partial charge in [-0.25, -0.2) is 4.39 Å². The number of amides is 1. The lowest BCUT2D eigenvalue weighted by molar-refractivity contribution is 0.0824. The Morgan fingerprint density at radius 1 is 1.42 bits per heavy atom. The van der Waals surface area contributed by atoms with Crippen LogP contribution in [0.25, 0.3) is 11.3 Å². The van der Waals surface area contributed by atoms with Crippen molar-refractivity contribution in [2.24, 2.45) is 11.8 Å². The van der Waals surface area contributed by atoms with Crippen molar-refractivity contribution in [2.75, 3.05) is 20.2 Å². The second-order valence-electron chi connectivity index (χ2n) is 6.32. The van der Waals surface area contributed by atoms with Gasteiger partial charge in [-0.2, -0.15) is 0 Å². The summed E-state index contributed by atoms with van der Waals surface area (Å²) in [6.45, 7) is 1.97. The lowest BCUT2D eigenvalue weighted by Crippen LogP contribution is -2.52. The fourth-order valence-corrected chi connectivity index (χ4v) is 3.53. The third-order valence-electron chi connectivity index (χ3n) is 4.97. The molecule has 1 saturated carbocycles. The molecule has 1 aliphatic heterocycles. The van der Waals surface area contributed by atoms with Crippen LogP contribution >= 0.6 is 0 Å². The van der Waals surface area contributed by atoms with Gasteiger partial charge in [-0.05, 0) is 36.9 Å². The van der Waals surface area contributed by atoms with Crippen molar-refractivity contribution in [3.63, 3.8) is 0 Å². The number of benzene rings is 1. The van der Waals surface area contributed by atoms with Crippen LogP contribution in [0.2, 0.25) is 0 Å². The molecule has 4 rings (SSSR count). The first-order valence-corrected chi connectivity index (χ1v) is 7.98. The molecule has 2 aromatic rings. The number of nitrogens with one attached hydrogen (secondary N) is 2. The Morgan fingerprint density at radius 3 is 3.04 bits per heavy atom. The van der Waals surface area contributed by atoms with Crippen LogP contribution in [0.3, 0.4) is 0 Å². The average molecular weight is 331 g/mol. The van der Waals surface area contributed by atoms with Crippen molar-refractivity contribution in [3.8, 4) is 17.1 Å². The van der Waals surface area contributed by atoms with E-state index in [0.29, 0.717) is 17.6 Å². The Kier molecular flexibility index (Phi) is 3.72. The van der Waals surface area contributed by atoms with Gasteiger partial charge < -0.3 is 19.9 Å². The van der Waals surface area contributed by atoms with Crippen LogP contribution in [0, 0.1) is 17.7 Å². The van der Waals surface area contributed by atoms with Gasteiger partial charge in [0, 0.05) is 24.7 Å². The van der Waals surface area contributed by atoms with Crippen molar-refractivity contribution < 1.29 is 18.4 Å². The Balaban J connectivity index is 1.47. The maximum Gasteiger partial charge on any atom is 0.273 e. The molecule has 3 atom stereocenters. The van der Waals surface area contributed by atoms with Gasteiger partial charge in [0.1, 0.15) is 11.6 Å². The molecular formula is C17H18FN3O3. The molecule has 6 nitrogen and oxygen atoms in total. The van der Waals surface area contributed by atoms with Gasteiger partial charge >= 0.3 is 0 Å². The molecule has 7 heteroatoms. The van der Waals surface area contributed by atoms with E-state index < -0.39 is 5.82 Å². The Hall–Kier alpha value is -2.41. The quantitative estimate of drug-likeness (QED) is 0.894. The maximum absolute atomic E-state index is 14.1. The van der Waals surface area contributed by atoms with Gasteiger partial charge in [-0.15, -0.1) is 0 Å². The zero-order chi connectivity index (χ0) is 16.7. The van der Waals surface area contributed by atoms with Crippen LogP contribution in [0.5, 0.6) is 5.75 Å². The number of halogens is 1. The van der Waals surface area contributed by atoms with E-state index in [1.54, 1.807) is 6.07 Å². The Morgan fingerprint density at radius 2 is 2.29 bits per heavy atom. The van der Waals surface area contributed by atoms with Crippen LogP contribution < -0.4 is 15.4 Å². The predicted molar refractivity (Wildman–Crippen MR) is 84.2 cm³/mol. The predicted octanol–water partition coefficient (Wildman–Crippen LogP) is 1.83. The van der Waals surface area contributed by atoms with Gasteiger partial charge in [0.25, 0.3) is 5.91 Å². The average Bonchev–Trinajstić information content (AvgIpc) is 3.19. The summed E-state index contributed by atoms with van der Waals surface area (Å²) in [7, 11) is 1.47. The van der Waals surface area contributed by atoms with Gasteiger partial charge in [0.2, 0.25) is 0 Å². The van der Waals surface area contributed by atoms with Gasteiger partial charge in [0.05, 0.1) is 12.7 Å². The molecule has 0 spiro atoms. The minimum absolute atomic E-state index is 0.162. The van der Waals surface area contributed by atoms with E-state index in [0.717, 1.165) is 19.5 Å². The summed E-state index contributed by atoms with van der Waals surface area (Å²) < 4.78 is 24.2. The summed E-state index contributed by atoms with van der Waals surface area (Å²) in [6.07, 6.45) is 0.987. The van der Waals surface area contributed by atoms with E-state index in [-0.39, 0.29) is 29.0 Å². The number of nitrogens with zero attached hydrogens (tertiary/aromatic N) is 1. The lowest BCUT2D eigenvalue weighted by Gasteiger charge is -2.39. The summed E-state index contributed by atoms with van der Waals surface area (Å²) in [6, 6.07) is 6.07.